The van der Waals surface area contributed by atoms with E-state index in [4.69, 9.17) is 4.74 Å². The van der Waals surface area contributed by atoms with Gasteiger partial charge in [0.05, 0.1) is 12.1 Å². The molecule has 0 bridgehead atoms. The van der Waals surface area contributed by atoms with Gasteiger partial charge in [-0.25, -0.2) is 4.98 Å². The van der Waals surface area contributed by atoms with Crippen molar-refractivity contribution in [3.63, 3.8) is 0 Å². The molecule has 0 aliphatic rings. The molecule has 0 aliphatic heterocycles. The van der Waals surface area contributed by atoms with Gasteiger partial charge in [-0.05, 0) is 24.6 Å². The highest BCUT2D eigenvalue weighted by Gasteiger charge is 2.18. The Hall–Kier alpha value is -1.39. The van der Waals surface area contributed by atoms with E-state index in [1.165, 1.54) is 15.4 Å². The molecule has 0 fully saturated rings. The van der Waals surface area contributed by atoms with Gasteiger partial charge < -0.3 is 10.1 Å². The molecule has 0 spiro atoms. The number of ether oxygens (including phenoxy) is 1. The number of hydrogen-bond acceptors (Lipinski definition) is 4. The monoisotopic (exact) mass is 304 g/mol. The van der Waals surface area contributed by atoms with Gasteiger partial charge in [-0.2, -0.15) is 0 Å². The number of thiazole rings is 1. The number of methoxy groups -OCH3 is 1. The molecule has 1 aromatic carbocycles. The summed E-state index contributed by atoms with van der Waals surface area (Å²) in [5, 5.41) is 4.74. The SMILES string of the molecule is COc1ccc([C@H](C)NCc2cnc(C(C)(C)C)s2)cc1. The molecule has 1 atom stereocenters. The Morgan fingerprint density at radius 2 is 1.90 bits per heavy atom. The van der Waals surface area contributed by atoms with Crippen LogP contribution in [0.3, 0.4) is 0 Å². The lowest BCUT2D eigenvalue weighted by Crippen LogP contribution is -2.17. The van der Waals surface area contributed by atoms with Crippen molar-refractivity contribution in [3.8, 4) is 5.75 Å². The highest BCUT2D eigenvalue weighted by Crippen LogP contribution is 2.27. The first kappa shape index (κ1) is 16.0. The number of benzene rings is 1. The summed E-state index contributed by atoms with van der Waals surface area (Å²) in [7, 11) is 1.69. The zero-order chi connectivity index (χ0) is 15.5. The van der Waals surface area contributed by atoms with Crippen LogP contribution in [0.25, 0.3) is 0 Å². The standard InChI is InChI=1S/C17H24N2OS/c1-12(13-6-8-14(20-5)9-7-13)18-10-15-11-19-16(21-15)17(2,3)4/h6-9,11-12,18H,10H2,1-5H3/t12-/m0/s1. The Morgan fingerprint density at radius 3 is 2.43 bits per heavy atom. The molecule has 1 heterocycles. The predicted molar refractivity (Wildman–Crippen MR) is 89.1 cm³/mol. The molecule has 114 valence electrons. The van der Waals surface area contributed by atoms with E-state index in [0.29, 0.717) is 6.04 Å². The zero-order valence-corrected chi connectivity index (χ0v) is 14.3. The van der Waals surface area contributed by atoms with Crippen LogP contribution in [0.2, 0.25) is 0 Å². The number of hydrogen-bond donors (Lipinski definition) is 1. The average molecular weight is 304 g/mol. The fourth-order valence-corrected chi connectivity index (χ4v) is 2.92. The first-order valence-electron chi connectivity index (χ1n) is 7.22. The van der Waals surface area contributed by atoms with Crippen molar-refractivity contribution < 1.29 is 4.74 Å². The topological polar surface area (TPSA) is 34.1 Å². The third-order valence-corrected chi connectivity index (χ3v) is 4.82. The second-order valence-corrected chi connectivity index (χ2v) is 7.37. The van der Waals surface area contributed by atoms with Crippen LogP contribution < -0.4 is 10.1 Å². The molecule has 3 nitrogen and oxygen atoms in total. The van der Waals surface area contributed by atoms with Crippen LogP contribution in [0, 0.1) is 0 Å². The minimum absolute atomic E-state index is 0.129. The normalized spacial score (nSPS) is 13.2. The van der Waals surface area contributed by atoms with Crippen molar-refractivity contribution >= 4 is 11.3 Å². The summed E-state index contributed by atoms with van der Waals surface area (Å²) in [6.07, 6.45) is 1.99. The summed E-state index contributed by atoms with van der Waals surface area (Å²) in [6, 6.07) is 8.50. The summed E-state index contributed by atoms with van der Waals surface area (Å²) < 4.78 is 5.19. The van der Waals surface area contributed by atoms with Gasteiger partial charge in [0.25, 0.3) is 0 Å². The van der Waals surface area contributed by atoms with E-state index < -0.39 is 0 Å². The Kier molecular flexibility index (Phi) is 5.01. The van der Waals surface area contributed by atoms with Crippen molar-refractivity contribution in [1.29, 1.82) is 0 Å². The lowest BCUT2D eigenvalue weighted by atomic mass is 9.98. The van der Waals surface area contributed by atoms with Gasteiger partial charge >= 0.3 is 0 Å². The first-order valence-corrected chi connectivity index (χ1v) is 8.04. The van der Waals surface area contributed by atoms with Gasteiger partial charge in [-0.1, -0.05) is 32.9 Å². The van der Waals surface area contributed by atoms with Crippen molar-refractivity contribution in [1.82, 2.24) is 10.3 Å². The molecular formula is C17H24N2OS. The van der Waals surface area contributed by atoms with Crippen LogP contribution in [0.1, 0.15) is 49.2 Å². The number of rotatable bonds is 5. The molecular weight excluding hydrogens is 280 g/mol. The van der Waals surface area contributed by atoms with Crippen LogP contribution in [0.15, 0.2) is 30.5 Å². The molecule has 21 heavy (non-hydrogen) atoms. The van der Waals surface area contributed by atoms with Gasteiger partial charge in [0.15, 0.2) is 0 Å². The Balaban J connectivity index is 1.94. The van der Waals surface area contributed by atoms with E-state index in [1.807, 2.05) is 18.3 Å². The van der Waals surface area contributed by atoms with E-state index in [2.05, 4.69) is 50.1 Å². The lowest BCUT2D eigenvalue weighted by Gasteiger charge is -2.15. The number of nitrogens with zero attached hydrogens (tertiary/aromatic N) is 1. The molecule has 0 unspecified atom stereocenters. The highest BCUT2D eigenvalue weighted by atomic mass is 32.1. The predicted octanol–water partition coefficient (Wildman–Crippen LogP) is 4.30. The number of nitrogens with one attached hydrogen (secondary N) is 1. The van der Waals surface area contributed by atoms with Crippen molar-refractivity contribution in [2.24, 2.45) is 0 Å². The summed E-state index contributed by atoms with van der Waals surface area (Å²) >= 11 is 1.79. The van der Waals surface area contributed by atoms with Gasteiger partial charge in [0.1, 0.15) is 5.75 Å². The molecule has 1 aromatic heterocycles. The molecule has 2 rings (SSSR count). The summed E-state index contributed by atoms with van der Waals surface area (Å²) in [5.41, 5.74) is 1.39. The fraction of sp³-hybridized carbons (Fsp3) is 0.471. The second-order valence-electron chi connectivity index (χ2n) is 6.26. The van der Waals surface area contributed by atoms with Crippen molar-refractivity contribution in [2.45, 2.75) is 45.7 Å². The number of aromatic nitrogens is 1. The lowest BCUT2D eigenvalue weighted by molar-refractivity contribution is 0.414. The molecule has 0 aliphatic carbocycles. The maximum absolute atomic E-state index is 5.19. The molecule has 0 saturated heterocycles. The van der Waals surface area contributed by atoms with E-state index in [1.54, 1.807) is 18.4 Å². The van der Waals surface area contributed by atoms with E-state index >= 15 is 0 Å². The molecule has 0 radical (unpaired) electrons. The van der Waals surface area contributed by atoms with Gasteiger partial charge in [0, 0.05) is 29.1 Å². The van der Waals surface area contributed by atoms with Gasteiger partial charge in [-0.3, -0.25) is 0 Å². The quantitative estimate of drug-likeness (QED) is 0.894. The molecule has 0 amide bonds. The van der Waals surface area contributed by atoms with Crippen molar-refractivity contribution in [2.75, 3.05) is 7.11 Å². The van der Waals surface area contributed by atoms with E-state index in [-0.39, 0.29) is 5.41 Å². The third kappa shape index (κ3) is 4.29. The van der Waals surface area contributed by atoms with Crippen LogP contribution in [0.5, 0.6) is 5.75 Å². The summed E-state index contributed by atoms with van der Waals surface area (Å²) in [4.78, 5) is 5.80. The van der Waals surface area contributed by atoms with Gasteiger partial charge in [-0.15, -0.1) is 11.3 Å². The molecule has 4 heteroatoms. The van der Waals surface area contributed by atoms with Crippen LogP contribution >= 0.6 is 11.3 Å². The zero-order valence-electron chi connectivity index (χ0n) is 13.4. The second kappa shape index (κ2) is 6.58. The Labute approximate surface area is 131 Å². The minimum Gasteiger partial charge on any atom is -0.497 e. The maximum Gasteiger partial charge on any atom is 0.118 e. The van der Waals surface area contributed by atoms with E-state index in [9.17, 15) is 0 Å². The largest absolute Gasteiger partial charge is 0.497 e. The molecule has 2 aromatic rings. The summed E-state index contributed by atoms with van der Waals surface area (Å²) in [5.74, 6) is 0.892. The maximum atomic E-state index is 5.19. The highest BCUT2D eigenvalue weighted by molar-refractivity contribution is 7.11. The average Bonchev–Trinajstić information content (AvgIpc) is 2.94. The first-order chi connectivity index (χ1) is 9.90. The van der Waals surface area contributed by atoms with E-state index in [0.717, 1.165) is 12.3 Å². The molecule has 1 N–H and O–H groups in total. The minimum atomic E-state index is 0.129. The fourth-order valence-electron chi connectivity index (χ4n) is 2.00. The van der Waals surface area contributed by atoms with Crippen LogP contribution in [0.4, 0.5) is 0 Å². The third-order valence-electron chi connectivity index (χ3n) is 3.39. The molecule has 0 saturated carbocycles. The van der Waals surface area contributed by atoms with Gasteiger partial charge in [0.2, 0.25) is 0 Å². The van der Waals surface area contributed by atoms with Crippen molar-refractivity contribution in [3.05, 3.63) is 45.9 Å². The van der Waals surface area contributed by atoms with Crippen LogP contribution in [-0.4, -0.2) is 12.1 Å². The Morgan fingerprint density at radius 1 is 1.24 bits per heavy atom. The smallest absolute Gasteiger partial charge is 0.118 e. The summed E-state index contributed by atoms with van der Waals surface area (Å²) in [6.45, 7) is 9.61. The van der Waals surface area contributed by atoms with Crippen LogP contribution in [-0.2, 0) is 12.0 Å². The Bertz CT molecular complexity index is 569.